The number of morpholine rings is 1. The zero-order valence-corrected chi connectivity index (χ0v) is 11.4. The van der Waals surface area contributed by atoms with E-state index in [-0.39, 0.29) is 0 Å². The Morgan fingerprint density at radius 1 is 1.32 bits per heavy atom. The molecule has 0 unspecified atom stereocenters. The van der Waals surface area contributed by atoms with Gasteiger partial charge >= 0.3 is 0 Å². The second kappa shape index (κ2) is 5.71. The lowest BCUT2D eigenvalue weighted by Gasteiger charge is -2.29. The number of nitrogens with zero attached hydrogens (tertiary/aromatic N) is 3. The Bertz CT molecular complexity index is 445. The lowest BCUT2D eigenvalue weighted by Crippen LogP contribution is -2.38. The molecule has 0 aromatic carbocycles. The highest BCUT2D eigenvalue weighted by atomic mass is 16.5. The zero-order chi connectivity index (χ0) is 13.1. The fourth-order valence-electron chi connectivity index (χ4n) is 2.55. The Kier molecular flexibility index (Phi) is 3.79. The third-order valence-corrected chi connectivity index (χ3v) is 3.56. The lowest BCUT2D eigenvalue weighted by atomic mass is 10.1. The van der Waals surface area contributed by atoms with Crippen molar-refractivity contribution in [2.75, 3.05) is 49.6 Å². The normalized spacial score (nSPS) is 19.1. The first-order valence-corrected chi connectivity index (χ1v) is 7.05. The summed E-state index contributed by atoms with van der Waals surface area (Å²) in [5, 5.41) is 6.75. The number of anilines is 2. The van der Waals surface area contributed by atoms with E-state index in [9.17, 15) is 0 Å². The highest BCUT2D eigenvalue weighted by Crippen LogP contribution is 2.23. The maximum absolute atomic E-state index is 5.39. The fourth-order valence-corrected chi connectivity index (χ4v) is 2.55. The third-order valence-electron chi connectivity index (χ3n) is 3.56. The first kappa shape index (κ1) is 12.6. The van der Waals surface area contributed by atoms with Crippen LogP contribution >= 0.6 is 0 Å². The molecule has 0 saturated carbocycles. The summed E-state index contributed by atoms with van der Waals surface area (Å²) < 4.78 is 5.39. The largest absolute Gasteiger partial charge is 0.378 e. The summed E-state index contributed by atoms with van der Waals surface area (Å²) in [5.41, 5.74) is 2.41. The van der Waals surface area contributed by atoms with Crippen LogP contribution in [0.15, 0.2) is 0 Å². The topological polar surface area (TPSA) is 62.3 Å². The van der Waals surface area contributed by atoms with Crippen LogP contribution in [0.5, 0.6) is 0 Å². The summed E-state index contributed by atoms with van der Waals surface area (Å²) in [6.45, 7) is 8.12. The zero-order valence-electron chi connectivity index (χ0n) is 11.4. The van der Waals surface area contributed by atoms with Crippen molar-refractivity contribution in [3.05, 3.63) is 11.3 Å². The minimum absolute atomic E-state index is 0.762. The number of hydrogen-bond donors (Lipinski definition) is 2. The van der Waals surface area contributed by atoms with Gasteiger partial charge in [-0.15, -0.1) is 0 Å². The van der Waals surface area contributed by atoms with Crippen molar-refractivity contribution in [3.63, 3.8) is 0 Å². The first-order chi connectivity index (χ1) is 9.38. The van der Waals surface area contributed by atoms with Crippen LogP contribution in [-0.2, 0) is 17.7 Å². The molecule has 1 aromatic heterocycles. The van der Waals surface area contributed by atoms with Crippen LogP contribution in [0.1, 0.15) is 18.2 Å². The van der Waals surface area contributed by atoms with Crippen LogP contribution in [0.25, 0.3) is 0 Å². The molecule has 104 valence electrons. The summed E-state index contributed by atoms with van der Waals surface area (Å²) in [6, 6.07) is 0. The summed E-state index contributed by atoms with van der Waals surface area (Å²) >= 11 is 0. The van der Waals surface area contributed by atoms with Gasteiger partial charge < -0.3 is 20.3 Å². The van der Waals surface area contributed by atoms with E-state index in [1.54, 1.807) is 0 Å². The van der Waals surface area contributed by atoms with E-state index in [0.717, 1.165) is 64.1 Å². The molecule has 0 bridgehead atoms. The van der Waals surface area contributed by atoms with Crippen molar-refractivity contribution >= 4 is 11.8 Å². The number of nitrogens with one attached hydrogen (secondary N) is 2. The van der Waals surface area contributed by atoms with Crippen LogP contribution in [0, 0.1) is 0 Å². The molecular formula is C13H21N5O. The maximum Gasteiger partial charge on any atom is 0.227 e. The Morgan fingerprint density at radius 2 is 2.16 bits per heavy atom. The summed E-state index contributed by atoms with van der Waals surface area (Å²) in [7, 11) is 0. The summed E-state index contributed by atoms with van der Waals surface area (Å²) in [4.78, 5) is 11.7. The summed E-state index contributed by atoms with van der Waals surface area (Å²) in [6.07, 6.45) is 0.980. The van der Waals surface area contributed by atoms with Crippen molar-refractivity contribution in [1.29, 1.82) is 0 Å². The molecule has 0 radical (unpaired) electrons. The highest BCUT2D eigenvalue weighted by molar-refractivity contribution is 5.52. The first-order valence-electron chi connectivity index (χ1n) is 7.05. The molecule has 1 aromatic rings. The number of ether oxygens (including phenoxy) is 1. The van der Waals surface area contributed by atoms with Gasteiger partial charge in [0.05, 0.1) is 18.9 Å². The Balaban J connectivity index is 1.93. The van der Waals surface area contributed by atoms with E-state index in [4.69, 9.17) is 14.7 Å². The predicted octanol–water partition coefficient (Wildman–Crippen LogP) is 0.391. The van der Waals surface area contributed by atoms with Crippen molar-refractivity contribution in [2.45, 2.75) is 19.9 Å². The molecule has 1 saturated heterocycles. The van der Waals surface area contributed by atoms with Crippen LogP contribution in [-0.4, -0.2) is 49.4 Å². The molecule has 3 heterocycles. The smallest absolute Gasteiger partial charge is 0.227 e. The lowest BCUT2D eigenvalue weighted by molar-refractivity contribution is 0.122. The number of aromatic nitrogens is 2. The standard InChI is InChI=1S/C13H21N5O/c1-2-15-12-10-9-14-4-3-11(10)16-13(17-12)18-5-7-19-8-6-18/h14H,2-9H2,1H3,(H,15,16,17). The van der Waals surface area contributed by atoms with Gasteiger partial charge in [0.1, 0.15) is 5.82 Å². The van der Waals surface area contributed by atoms with E-state index in [0.29, 0.717) is 0 Å². The Hall–Kier alpha value is -1.40. The summed E-state index contributed by atoms with van der Waals surface area (Å²) in [5.74, 6) is 1.83. The van der Waals surface area contributed by atoms with Crippen molar-refractivity contribution in [2.24, 2.45) is 0 Å². The predicted molar refractivity (Wildman–Crippen MR) is 74.6 cm³/mol. The molecule has 19 heavy (non-hydrogen) atoms. The Morgan fingerprint density at radius 3 is 2.95 bits per heavy atom. The Labute approximate surface area is 113 Å². The van der Waals surface area contributed by atoms with Gasteiger partial charge in [0.2, 0.25) is 5.95 Å². The molecule has 0 amide bonds. The molecule has 1 fully saturated rings. The quantitative estimate of drug-likeness (QED) is 0.822. The molecule has 2 N–H and O–H groups in total. The highest BCUT2D eigenvalue weighted by Gasteiger charge is 2.21. The second-order valence-electron chi connectivity index (χ2n) is 4.85. The monoisotopic (exact) mass is 263 g/mol. The molecule has 0 spiro atoms. The van der Waals surface area contributed by atoms with Gasteiger partial charge in [-0.05, 0) is 6.92 Å². The van der Waals surface area contributed by atoms with Gasteiger partial charge in [-0.25, -0.2) is 4.98 Å². The van der Waals surface area contributed by atoms with E-state index in [2.05, 4.69) is 22.5 Å². The third kappa shape index (κ3) is 2.64. The van der Waals surface area contributed by atoms with E-state index >= 15 is 0 Å². The second-order valence-corrected chi connectivity index (χ2v) is 4.85. The van der Waals surface area contributed by atoms with Gasteiger partial charge in [-0.3, -0.25) is 0 Å². The minimum atomic E-state index is 0.762. The van der Waals surface area contributed by atoms with E-state index in [1.807, 2.05) is 0 Å². The molecular weight excluding hydrogens is 242 g/mol. The fraction of sp³-hybridized carbons (Fsp3) is 0.692. The molecule has 6 heteroatoms. The average Bonchev–Trinajstić information content (AvgIpc) is 2.48. The minimum Gasteiger partial charge on any atom is -0.378 e. The van der Waals surface area contributed by atoms with E-state index in [1.165, 1.54) is 11.3 Å². The molecule has 0 aliphatic carbocycles. The van der Waals surface area contributed by atoms with Gasteiger partial charge in [-0.2, -0.15) is 4.98 Å². The van der Waals surface area contributed by atoms with Gasteiger partial charge in [-0.1, -0.05) is 0 Å². The molecule has 2 aliphatic rings. The number of rotatable bonds is 3. The van der Waals surface area contributed by atoms with Gasteiger partial charge in [0, 0.05) is 44.7 Å². The van der Waals surface area contributed by atoms with Crippen molar-refractivity contribution in [1.82, 2.24) is 15.3 Å². The molecule has 6 nitrogen and oxygen atoms in total. The van der Waals surface area contributed by atoms with Crippen LogP contribution in [0.2, 0.25) is 0 Å². The van der Waals surface area contributed by atoms with Crippen LogP contribution in [0.3, 0.4) is 0 Å². The SMILES string of the molecule is CCNc1nc(N2CCOCC2)nc2c1CNCC2. The molecule has 3 rings (SSSR count). The van der Waals surface area contributed by atoms with Crippen molar-refractivity contribution in [3.8, 4) is 0 Å². The molecule has 0 atom stereocenters. The van der Waals surface area contributed by atoms with Gasteiger partial charge in [0.25, 0.3) is 0 Å². The van der Waals surface area contributed by atoms with E-state index < -0.39 is 0 Å². The van der Waals surface area contributed by atoms with Crippen LogP contribution in [0.4, 0.5) is 11.8 Å². The number of hydrogen-bond acceptors (Lipinski definition) is 6. The average molecular weight is 263 g/mol. The molecule has 2 aliphatic heterocycles. The number of fused-ring (bicyclic) bond motifs is 1. The maximum atomic E-state index is 5.39. The van der Waals surface area contributed by atoms with Crippen molar-refractivity contribution < 1.29 is 4.74 Å². The van der Waals surface area contributed by atoms with Crippen LogP contribution < -0.4 is 15.5 Å². The van der Waals surface area contributed by atoms with Gasteiger partial charge in [0.15, 0.2) is 0 Å².